The van der Waals surface area contributed by atoms with Crippen LogP contribution in [0.15, 0.2) is 56.9 Å². The van der Waals surface area contributed by atoms with E-state index in [2.05, 4.69) is 46.9 Å². The van der Waals surface area contributed by atoms with E-state index in [4.69, 9.17) is 0 Å². The molecule has 1 aliphatic rings. The molecule has 0 spiro atoms. The Morgan fingerprint density at radius 2 is 1.58 bits per heavy atom. The van der Waals surface area contributed by atoms with E-state index in [1.165, 1.54) is 19.4 Å². The maximum Gasteiger partial charge on any atom is 0.439 e. The van der Waals surface area contributed by atoms with Crippen molar-refractivity contribution in [3.05, 3.63) is 57.4 Å². The van der Waals surface area contributed by atoms with E-state index in [0.29, 0.717) is 5.56 Å². The average molecular weight is 463 g/mol. The third-order valence-corrected chi connectivity index (χ3v) is 5.08. The summed E-state index contributed by atoms with van der Waals surface area (Å²) in [5.74, 6) is 0.137. The molecule has 0 radical (unpaired) electrons. The van der Waals surface area contributed by atoms with Crippen LogP contribution in [-0.4, -0.2) is 28.9 Å². The normalized spacial score (nSPS) is 21.2. The van der Waals surface area contributed by atoms with Crippen molar-refractivity contribution in [2.75, 3.05) is 7.05 Å². The number of hydrogen-bond donors (Lipinski definition) is 0. The monoisotopic (exact) mass is 461 g/mol. The molecule has 2 aromatic rings. The molecule has 1 atom stereocenters. The Bertz CT molecular complexity index is 832. The van der Waals surface area contributed by atoms with Gasteiger partial charge in [-0.2, -0.15) is 23.1 Å². The number of aromatic nitrogens is 2. The predicted octanol–water partition coefficient (Wildman–Crippen LogP) is 4.87. The molecule has 0 bridgehead atoms. The summed E-state index contributed by atoms with van der Waals surface area (Å²) in [6, 6.07) is 8.15. The number of rotatable bonds is 2. The summed E-state index contributed by atoms with van der Waals surface area (Å²) in [6.07, 6.45) is -1.68. The zero-order valence-electron chi connectivity index (χ0n) is 12.2. The summed E-state index contributed by atoms with van der Waals surface area (Å²) in [5.41, 5.74) is -0.587. The van der Waals surface area contributed by atoms with Crippen molar-refractivity contribution >= 4 is 49.1 Å². The molecule has 0 saturated heterocycles. The van der Waals surface area contributed by atoms with E-state index in [9.17, 15) is 13.2 Å². The Balaban J connectivity index is 2.24. The van der Waals surface area contributed by atoms with Crippen LogP contribution in [0.2, 0.25) is 0 Å². The second kappa shape index (κ2) is 6.05. The Morgan fingerprint density at radius 1 is 1.00 bits per heavy atom. The fourth-order valence-corrected chi connectivity index (χ4v) is 3.25. The molecule has 1 aliphatic heterocycles. The number of halogens is 5. The van der Waals surface area contributed by atoms with Crippen molar-refractivity contribution in [3.63, 3.8) is 0 Å². The van der Waals surface area contributed by atoms with Gasteiger partial charge in [-0.1, -0.05) is 37.8 Å². The molecule has 0 fully saturated rings. The molecule has 1 aromatic carbocycles. The van der Waals surface area contributed by atoms with Crippen LogP contribution in [0.3, 0.4) is 0 Å². The van der Waals surface area contributed by atoms with Gasteiger partial charge in [0.1, 0.15) is 7.05 Å². The van der Waals surface area contributed by atoms with Gasteiger partial charge in [-0.25, -0.2) is 0 Å². The van der Waals surface area contributed by atoms with Gasteiger partial charge in [0.2, 0.25) is 10.3 Å². The smallest absolute Gasteiger partial charge is 0.183 e. The molecule has 0 N–H and O–H groups in total. The molecule has 1 unspecified atom stereocenters. The molecule has 4 nitrogen and oxygen atoms in total. The molecule has 0 aliphatic carbocycles. The Kier molecular flexibility index (Phi) is 4.35. The molecule has 0 amide bonds. The largest absolute Gasteiger partial charge is 0.439 e. The molecular weight excluding hydrogens is 453 g/mol. The number of allylic oxidation sites excluding steroid dienone is 1. The lowest BCUT2D eigenvalue weighted by molar-refractivity contribution is -0.0576. The van der Waals surface area contributed by atoms with Gasteiger partial charge in [-0.15, -0.1) is 0 Å². The fourth-order valence-electron chi connectivity index (χ4n) is 2.33. The Labute approximate surface area is 152 Å². The van der Waals surface area contributed by atoms with Crippen LogP contribution in [0, 0.1) is 0 Å². The van der Waals surface area contributed by atoms with Gasteiger partial charge >= 0.3 is 12.1 Å². The van der Waals surface area contributed by atoms with E-state index in [0.717, 1.165) is 4.47 Å². The predicted molar refractivity (Wildman–Crippen MR) is 93.2 cm³/mol. The Hall–Kier alpha value is -1.58. The van der Waals surface area contributed by atoms with Crippen molar-refractivity contribution in [1.82, 2.24) is 14.6 Å². The molecule has 9 heteroatoms. The first kappa shape index (κ1) is 17.2. The van der Waals surface area contributed by atoms with Gasteiger partial charge in [-0.05, 0) is 23.8 Å². The summed E-state index contributed by atoms with van der Waals surface area (Å²) in [5, 5.41) is 3.89. The summed E-state index contributed by atoms with van der Waals surface area (Å²) in [6.45, 7) is 0. The van der Waals surface area contributed by atoms with E-state index in [1.807, 2.05) is 0 Å². The van der Waals surface area contributed by atoms with E-state index >= 15 is 0 Å². The zero-order chi connectivity index (χ0) is 17.5. The van der Waals surface area contributed by atoms with E-state index in [-0.39, 0.29) is 16.1 Å². The third-order valence-electron chi connectivity index (χ3n) is 3.47. The summed E-state index contributed by atoms with van der Waals surface area (Å²) >= 11 is 6.58. The highest BCUT2D eigenvalue weighted by molar-refractivity contribution is 9.11. The molecule has 0 saturated carbocycles. The summed E-state index contributed by atoms with van der Waals surface area (Å²) in [7, 11) is 1.50. The second-order valence-electron chi connectivity index (χ2n) is 5.13. The Morgan fingerprint density at radius 3 is 2.12 bits per heavy atom. The second-order valence-corrected chi connectivity index (χ2v) is 6.79. The van der Waals surface area contributed by atoms with Crippen LogP contribution in [0.4, 0.5) is 19.1 Å². The first-order valence-corrected chi connectivity index (χ1v) is 8.30. The van der Waals surface area contributed by atoms with Crippen LogP contribution >= 0.6 is 31.9 Å². The molecule has 124 valence electrons. The van der Waals surface area contributed by atoms with Gasteiger partial charge in [0, 0.05) is 32.8 Å². The van der Waals surface area contributed by atoms with Crippen LogP contribution in [0.5, 0.6) is 0 Å². The minimum absolute atomic E-state index is 0.0232. The van der Waals surface area contributed by atoms with Crippen LogP contribution in [0.1, 0.15) is 5.56 Å². The number of hydrogen-bond acceptors (Lipinski definition) is 3. The average Bonchev–Trinajstić information content (AvgIpc) is 2.83. The van der Waals surface area contributed by atoms with Gasteiger partial charge in [0.05, 0.1) is 5.57 Å². The lowest BCUT2D eigenvalue weighted by Gasteiger charge is -2.19. The number of benzene rings is 1. The van der Waals surface area contributed by atoms with Gasteiger partial charge in [0.25, 0.3) is 0 Å². The highest BCUT2D eigenvalue weighted by Gasteiger charge is 2.52. The van der Waals surface area contributed by atoms with Crippen molar-refractivity contribution in [3.8, 4) is 0 Å². The van der Waals surface area contributed by atoms with Crippen molar-refractivity contribution < 1.29 is 13.2 Å². The van der Waals surface area contributed by atoms with Crippen molar-refractivity contribution in [2.24, 2.45) is 5.10 Å². The van der Waals surface area contributed by atoms with Crippen molar-refractivity contribution in [1.29, 1.82) is 0 Å². The topological polar surface area (TPSA) is 38.1 Å². The van der Waals surface area contributed by atoms with E-state index in [1.54, 1.807) is 30.3 Å². The third kappa shape index (κ3) is 2.91. The minimum Gasteiger partial charge on any atom is -0.183 e. The quantitative estimate of drug-likeness (QED) is 0.471. The molecular formula is C15H10Br2F3N4+. The standard InChI is InChI=1S/C15H10Br2F3N4/c1-24(14-21-7-2-8-22-14)13(17)11(12(23-24)15(18,19)20)9-3-5-10(16)6-4-9/h2-8H,1H3/q+1. The first-order chi connectivity index (χ1) is 11.2. The first-order valence-electron chi connectivity index (χ1n) is 6.71. The van der Waals surface area contributed by atoms with Gasteiger partial charge in [-0.3, -0.25) is 0 Å². The zero-order valence-corrected chi connectivity index (χ0v) is 15.4. The molecule has 2 heterocycles. The maximum atomic E-state index is 13.6. The van der Waals surface area contributed by atoms with Crippen LogP contribution < -0.4 is 4.59 Å². The summed E-state index contributed by atoms with van der Waals surface area (Å²) in [4.78, 5) is 8.11. The van der Waals surface area contributed by atoms with Crippen LogP contribution in [0.25, 0.3) is 5.57 Å². The highest BCUT2D eigenvalue weighted by atomic mass is 79.9. The fraction of sp³-hybridized carbons (Fsp3) is 0.133. The summed E-state index contributed by atoms with van der Waals surface area (Å²) < 4.78 is 41.1. The van der Waals surface area contributed by atoms with E-state index < -0.39 is 16.5 Å². The molecule has 3 rings (SSSR count). The molecule has 24 heavy (non-hydrogen) atoms. The maximum absolute atomic E-state index is 13.6. The lowest BCUT2D eigenvalue weighted by atomic mass is 10.0. The SMILES string of the molecule is C[N+]1(c2ncccn2)N=C(C(F)(F)F)C(c2ccc(Br)cc2)=C1Br. The number of nitrogens with zero attached hydrogens (tertiary/aromatic N) is 4. The van der Waals surface area contributed by atoms with Crippen molar-refractivity contribution in [2.45, 2.75) is 6.18 Å². The van der Waals surface area contributed by atoms with Gasteiger partial charge in [0.15, 0.2) is 0 Å². The van der Waals surface area contributed by atoms with Gasteiger partial charge < -0.3 is 0 Å². The lowest BCUT2D eigenvalue weighted by Crippen LogP contribution is -2.36. The minimum atomic E-state index is -4.60. The molecule has 1 aromatic heterocycles. The van der Waals surface area contributed by atoms with Crippen LogP contribution in [-0.2, 0) is 0 Å². The highest BCUT2D eigenvalue weighted by Crippen LogP contribution is 2.44. The number of quaternary nitrogens is 1. The number of alkyl halides is 3.